The van der Waals surface area contributed by atoms with Gasteiger partial charge in [-0.2, -0.15) is 0 Å². The van der Waals surface area contributed by atoms with Crippen LogP contribution in [-0.4, -0.2) is 21.0 Å². The second-order valence-corrected chi connectivity index (χ2v) is 4.27. The summed E-state index contributed by atoms with van der Waals surface area (Å²) in [5.41, 5.74) is 5.39. The molecule has 1 heterocycles. The number of rotatable bonds is 4. The van der Waals surface area contributed by atoms with Gasteiger partial charge in [0.25, 0.3) is 0 Å². The van der Waals surface area contributed by atoms with Crippen LogP contribution in [0.4, 0.5) is 5.69 Å². The van der Waals surface area contributed by atoms with Gasteiger partial charge in [0.2, 0.25) is 5.75 Å². The van der Waals surface area contributed by atoms with E-state index in [4.69, 9.17) is 27.3 Å². The number of hydrogen-bond donors (Lipinski definition) is 2. The van der Waals surface area contributed by atoms with Gasteiger partial charge in [-0.15, -0.1) is 0 Å². The van der Waals surface area contributed by atoms with Gasteiger partial charge >= 0.3 is 5.69 Å². The average Bonchev–Trinajstić information content (AvgIpc) is 2.47. The highest BCUT2D eigenvalue weighted by atomic mass is 35.5. The second kappa shape index (κ2) is 6.06. The van der Waals surface area contributed by atoms with Crippen molar-refractivity contribution in [3.8, 4) is 11.5 Å². The van der Waals surface area contributed by atoms with Crippen molar-refractivity contribution in [2.75, 3.05) is 0 Å². The first-order valence-corrected chi connectivity index (χ1v) is 5.95. The van der Waals surface area contributed by atoms with Crippen molar-refractivity contribution in [3.63, 3.8) is 0 Å². The van der Waals surface area contributed by atoms with E-state index >= 15 is 0 Å². The molecule has 21 heavy (non-hydrogen) atoms. The van der Waals surface area contributed by atoms with Gasteiger partial charge in [-0.25, -0.2) is 4.98 Å². The van der Waals surface area contributed by atoms with E-state index in [0.29, 0.717) is 5.02 Å². The van der Waals surface area contributed by atoms with Crippen molar-refractivity contribution < 1.29 is 14.9 Å². The highest BCUT2D eigenvalue weighted by Crippen LogP contribution is 2.33. The van der Waals surface area contributed by atoms with E-state index in [1.54, 1.807) is 0 Å². The number of nitrogens with two attached hydrogens (primary N) is 1. The van der Waals surface area contributed by atoms with E-state index in [-0.39, 0.29) is 28.7 Å². The Labute approximate surface area is 123 Å². The van der Waals surface area contributed by atoms with Gasteiger partial charge in [-0.05, 0) is 18.2 Å². The lowest BCUT2D eigenvalue weighted by Gasteiger charge is -2.07. The number of amidine groups is 1. The molecule has 0 saturated carbocycles. The molecule has 1 aromatic heterocycles. The first kappa shape index (κ1) is 14.5. The zero-order chi connectivity index (χ0) is 15.4. The number of pyridine rings is 1. The van der Waals surface area contributed by atoms with Crippen LogP contribution in [0.5, 0.6) is 11.5 Å². The van der Waals surface area contributed by atoms with E-state index in [9.17, 15) is 10.1 Å². The summed E-state index contributed by atoms with van der Waals surface area (Å²) in [6.07, 6.45) is 1.29. The van der Waals surface area contributed by atoms with Gasteiger partial charge in [0.05, 0.1) is 11.1 Å². The predicted octanol–water partition coefficient (Wildman–Crippen LogP) is 2.53. The maximum absolute atomic E-state index is 10.9. The quantitative estimate of drug-likeness (QED) is 0.294. The van der Waals surface area contributed by atoms with Crippen LogP contribution in [0, 0.1) is 10.1 Å². The van der Waals surface area contributed by atoms with Crippen molar-refractivity contribution in [2.24, 2.45) is 10.9 Å². The number of hydrogen-bond acceptors (Lipinski definition) is 6. The van der Waals surface area contributed by atoms with E-state index < -0.39 is 4.92 Å². The minimum atomic E-state index is -0.579. The number of nitro benzene ring substituents is 1. The zero-order valence-electron chi connectivity index (χ0n) is 10.4. The standard InChI is InChI=1S/C12H9ClN4O4/c13-7-1-4-10(17(19)20)11(5-7)21-8-2-3-9(15-6-8)12(14)16-18/h1-6,18H,(H2,14,16). The van der Waals surface area contributed by atoms with Gasteiger partial charge < -0.3 is 15.7 Å². The van der Waals surface area contributed by atoms with Crippen molar-refractivity contribution in [1.82, 2.24) is 4.98 Å². The summed E-state index contributed by atoms with van der Waals surface area (Å²) in [5, 5.41) is 22.5. The molecule has 0 unspecified atom stereocenters. The van der Waals surface area contributed by atoms with Crippen LogP contribution in [0.3, 0.4) is 0 Å². The third kappa shape index (κ3) is 3.37. The number of nitrogens with zero attached hydrogens (tertiary/aromatic N) is 3. The third-order valence-electron chi connectivity index (χ3n) is 2.45. The lowest BCUT2D eigenvalue weighted by Crippen LogP contribution is -2.14. The fourth-order valence-electron chi connectivity index (χ4n) is 1.49. The van der Waals surface area contributed by atoms with Crippen molar-refractivity contribution in [1.29, 1.82) is 0 Å². The number of halogens is 1. The molecule has 2 aromatic rings. The Kier molecular flexibility index (Phi) is 4.19. The van der Waals surface area contributed by atoms with Crippen molar-refractivity contribution in [3.05, 3.63) is 57.4 Å². The molecule has 0 radical (unpaired) electrons. The molecule has 2 rings (SSSR count). The molecule has 0 fully saturated rings. The second-order valence-electron chi connectivity index (χ2n) is 3.84. The van der Waals surface area contributed by atoms with E-state index in [0.717, 1.165) is 0 Å². The number of aromatic nitrogens is 1. The molecule has 1 aromatic carbocycles. The maximum Gasteiger partial charge on any atom is 0.311 e. The van der Waals surface area contributed by atoms with Crippen LogP contribution in [0.25, 0.3) is 0 Å². The van der Waals surface area contributed by atoms with Crippen LogP contribution in [0.2, 0.25) is 5.02 Å². The number of ether oxygens (including phenoxy) is 1. The molecule has 8 nitrogen and oxygen atoms in total. The summed E-state index contributed by atoms with van der Waals surface area (Å²) in [6, 6.07) is 6.89. The highest BCUT2D eigenvalue weighted by molar-refractivity contribution is 6.30. The average molecular weight is 309 g/mol. The summed E-state index contributed by atoms with van der Waals surface area (Å²) in [4.78, 5) is 14.2. The lowest BCUT2D eigenvalue weighted by molar-refractivity contribution is -0.385. The number of benzene rings is 1. The predicted molar refractivity (Wildman–Crippen MR) is 74.9 cm³/mol. The van der Waals surface area contributed by atoms with Crippen LogP contribution < -0.4 is 10.5 Å². The van der Waals surface area contributed by atoms with Gasteiger partial charge in [-0.1, -0.05) is 16.8 Å². The van der Waals surface area contributed by atoms with E-state index in [1.165, 1.54) is 36.5 Å². The Morgan fingerprint density at radius 2 is 2.19 bits per heavy atom. The Morgan fingerprint density at radius 1 is 1.43 bits per heavy atom. The minimum absolute atomic E-state index is 0.00847. The molecule has 0 aliphatic carbocycles. The third-order valence-corrected chi connectivity index (χ3v) is 2.69. The normalized spacial score (nSPS) is 11.2. The highest BCUT2D eigenvalue weighted by Gasteiger charge is 2.16. The van der Waals surface area contributed by atoms with E-state index in [1.807, 2.05) is 0 Å². The monoisotopic (exact) mass is 308 g/mol. The molecular weight excluding hydrogens is 300 g/mol. The smallest absolute Gasteiger partial charge is 0.311 e. The first-order chi connectivity index (χ1) is 10.0. The Morgan fingerprint density at radius 3 is 2.76 bits per heavy atom. The maximum atomic E-state index is 10.9. The van der Waals surface area contributed by atoms with Crippen molar-refractivity contribution in [2.45, 2.75) is 0 Å². The SMILES string of the molecule is N/C(=N/O)c1ccc(Oc2cc(Cl)ccc2[N+](=O)[O-])cn1. The number of oxime groups is 1. The summed E-state index contributed by atoms with van der Waals surface area (Å²) < 4.78 is 5.39. The molecule has 0 amide bonds. The fraction of sp³-hybridized carbons (Fsp3) is 0. The largest absolute Gasteiger partial charge is 0.448 e. The Bertz CT molecular complexity index is 703. The molecule has 0 aliphatic rings. The van der Waals surface area contributed by atoms with Crippen LogP contribution >= 0.6 is 11.6 Å². The molecule has 108 valence electrons. The first-order valence-electron chi connectivity index (χ1n) is 5.57. The molecular formula is C12H9ClN4O4. The topological polar surface area (TPSA) is 124 Å². The Hall–Kier alpha value is -2.87. The molecule has 0 bridgehead atoms. The minimum Gasteiger partial charge on any atom is -0.448 e. The van der Waals surface area contributed by atoms with Crippen LogP contribution in [0.15, 0.2) is 41.7 Å². The van der Waals surface area contributed by atoms with Gasteiger partial charge in [-0.3, -0.25) is 10.1 Å². The summed E-state index contributed by atoms with van der Waals surface area (Å²) in [7, 11) is 0. The van der Waals surface area contributed by atoms with Gasteiger partial charge in [0.1, 0.15) is 11.4 Å². The number of nitro groups is 1. The summed E-state index contributed by atoms with van der Waals surface area (Å²) in [6.45, 7) is 0. The lowest BCUT2D eigenvalue weighted by atomic mass is 10.3. The Balaban J connectivity index is 2.30. The van der Waals surface area contributed by atoms with Gasteiger partial charge in [0, 0.05) is 17.2 Å². The molecule has 0 aliphatic heterocycles. The molecule has 3 N–H and O–H groups in total. The fourth-order valence-corrected chi connectivity index (χ4v) is 1.65. The van der Waals surface area contributed by atoms with Gasteiger partial charge in [0.15, 0.2) is 5.84 Å². The zero-order valence-corrected chi connectivity index (χ0v) is 11.2. The van der Waals surface area contributed by atoms with Crippen molar-refractivity contribution >= 4 is 23.1 Å². The van der Waals surface area contributed by atoms with E-state index in [2.05, 4.69) is 10.1 Å². The summed E-state index contributed by atoms with van der Waals surface area (Å²) >= 11 is 5.80. The van der Waals surface area contributed by atoms with Crippen LogP contribution in [0.1, 0.15) is 5.69 Å². The molecule has 9 heteroatoms. The molecule has 0 spiro atoms. The molecule has 0 saturated heterocycles. The van der Waals surface area contributed by atoms with Crippen LogP contribution in [-0.2, 0) is 0 Å². The summed E-state index contributed by atoms with van der Waals surface area (Å²) in [5.74, 6) is 0.0796. The molecule has 0 atom stereocenters.